The van der Waals surface area contributed by atoms with E-state index in [0.717, 1.165) is 13.0 Å². The average molecular weight is 194 g/mol. The Morgan fingerprint density at radius 1 is 1.08 bits per heavy atom. The van der Waals surface area contributed by atoms with E-state index in [0.29, 0.717) is 13.2 Å². The van der Waals surface area contributed by atoms with Crippen molar-refractivity contribution in [3.63, 3.8) is 0 Å². The summed E-state index contributed by atoms with van der Waals surface area (Å²) in [6.45, 7) is 6.01. The molecule has 0 saturated carbocycles. The van der Waals surface area contributed by atoms with E-state index in [1.165, 1.54) is 0 Å². The molecule has 3 heteroatoms. The highest BCUT2D eigenvalue weighted by Gasteiger charge is 1.96. The smallest absolute Gasteiger partial charge is 0.154 e. The van der Waals surface area contributed by atoms with Crippen LogP contribution < -0.4 is 0 Å². The SMILES string of the molecule is C.C.CCCOCCOC(C)OC. The predicted molar refractivity (Wildman–Crippen MR) is 57.0 cm³/mol. The van der Waals surface area contributed by atoms with E-state index in [-0.39, 0.29) is 21.1 Å². The van der Waals surface area contributed by atoms with Crippen LogP contribution >= 0.6 is 0 Å². The van der Waals surface area contributed by atoms with Gasteiger partial charge in [-0.1, -0.05) is 21.8 Å². The van der Waals surface area contributed by atoms with Gasteiger partial charge in [0.1, 0.15) is 0 Å². The molecule has 0 N–H and O–H groups in total. The molecule has 0 aromatic heterocycles. The zero-order valence-corrected chi connectivity index (χ0v) is 7.63. The Balaban J connectivity index is -0.000000500. The third kappa shape index (κ3) is 14.7. The maximum absolute atomic E-state index is 5.20. The molecule has 3 nitrogen and oxygen atoms in total. The molecule has 0 aliphatic rings. The van der Waals surface area contributed by atoms with E-state index in [1.54, 1.807) is 7.11 Å². The Hall–Kier alpha value is -0.120. The number of hydrogen-bond donors (Lipinski definition) is 0. The second-order valence-electron chi connectivity index (χ2n) is 2.29. The minimum atomic E-state index is -0.125. The molecular weight excluding hydrogens is 168 g/mol. The lowest BCUT2D eigenvalue weighted by Crippen LogP contribution is -2.14. The Kier molecular flexibility index (Phi) is 20.6. The Labute approximate surface area is 83.4 Å². The predicted octanol–water partition coefficient (Wildman–Crippen LogP) is 2.69. The van der Waals surface area contributed by atoms with Crippen LogP contribution in [0.3, 0.4) is 0 Å². The fourth-order valence-corrected chi connectivity index (χ4v) is 0.587. The summed E-state index contributed by atoms with van der Waals surface area (Å²) >= 11 is 0. The quantitative estimate of drug-likeness (QED) is 0.460. The lowest BCUT2D eigenvalue weighted by Gasteiger charge is -2.10. The van der Waals surface area contributed by atoms with Crippen molar-refractivity contribution in [1.29, 1.82) is 0 Å². The zero-order chi connectivity index (χ0) is 8.53. The molecule has 0 aliphatic heterocycles. The summed E-state index contributed by atoms with van der Waals surface area (Å²) in [7, 11) is 1.62. The standard InChI is InChI=1S/C8H18O3.2CH4/c1-4-5-10-6-7-11-8(2)9-3;;/h8H,4-7H2,1-3H3;2*1H4. The largest absolute Gasteiger partial charge is 0.379 e. The molecule has 0 spiro atoms. The van der Waals surface area contributed by atoms with Gasteiger partial charge < -0.3 is 14.2 Å². The first-order valence-electron chi connectivity index (χ1n) is 4.03. The van der Waals surface area contributed by atoms with Gasteiger partial charge in [-0.2, -0.15) is 0 Å². The Morgan fingerprint density at radius 2 is 1.69 bits per heavy atom. The van der Waals surface area contributed by atoms with E-state index in [2.05, 4.69) is 6.92 Å². The molecule has 0 aromatic carbocycles. The summed E-state index contributed by atoms with van der Waals surface area (Å²) in [4.78, 5) is 0. The Bertz CT molecular complexity index is 76.6. The fourth-order valence-electron chi connectivity index (χ4n) is 0.587. The molecule has 1 atom stereocenters. The van der Waals surface area contributed by atoms with Crippen molar-refractivity contribution in [2.45, 2.75) is 41.4 Å². The van der Waals surface area contributed by atoms with Crippen molar-refractivity contribution in [1.82, 2.24) is 0 Å². The highest BCUT2D eigenvalue weighted by atomic mass is 16.7. The van der Waals surface area contributed by atoms with Crippen molar-refractivity contribution >= 4 is 0 Å². The molecular formula is C10H26O3. The van der Waals surface area contributed by atoms with Crippen molar-refractivity contribution < 1.29 is 14.2 Å². The van der Waals surface area contributed by atoms with Crippen LogP contribution in [-0.2, 0) is 14.2 Å². The summed E-state index contributed by atoms with van der Waals surface area (Å²) in [6.07, 6.45) is 0.931. The van der Waals surface area contributed by atoms with Gasteiger partial charge in [0, 0.05) is 13.7 Å². The highest BCUT2D eigenvalue weighted by molar-refractivity contribution is 4.32. The normalized spacial score (nSPS) is 11.3. The number of methoxy groups -OCH3 is 1. The van der Waals surface area contributed by atoms with Gasteiger partial charge in [0.25, 0.3) is 0 Å². The van der Waals surface area contributed by atoms with Crippen LogP contribution in [0.25, 0.3) is 0 Å². The van der Waals surface area contributed by atoms with Crippen LogP contribution in [0, 0.1) is 0 Å². The molecule has 0 radical (unpaired) electrons. The van der Waals surface area contributed by atoms with Crippen LogP contribution in [0.4, 0.5) is 0 Å². The maximum Gasteiger partial charge on any atom is 0.154 e. The van der Waals surface area contributed by atoms with Crippen molar-refractivity contribution in [2.24, 2.45) is 0 Å². The van der Waals surface area contributed by atoms with Crippen molar-refractivity contribution in [3.05, 3.63) is 0 Å². The van der Waals surface area contributed by atoms with Crippen LogP contribution in [-0.4, -0.2) is 33.2 Å². The minimum absolute atomic E-state index is 0. The van der Waals surface area contributed by atoms with E-state index in [4.69, 9.17) is 14.2 Å². The monoisotopic (exact) mass is 194 g/mol. The van der Waals surface area contributed by atoms with Crippen LogP contribution in [0.2, 0.25) is 0 Å². The topological polar surface area (TPSA) is 27.7 Å². The number of hydrogen-bond acceptors (Lipinski definition) is 3. The second kappa shape index (κ2) is 14.4. The molecule has 1 unspecified atom stereocenters. The highest BCUT2D eigenvalue weighted by Crippen LogP contribution is 1.90. The maximum atomic E-state index is 5.20. The molecule has 0 amide bonds. The molecule has 84 valence electrons. The van der Waals surface area contributed by atoms with Gasteiger partial charge >= 0.3 is 0 Å². The van der Waals surface area contributed by atoms with Gasteiger partial charge in [0.15, 0.2) is 6.29 Å². The number of rotatable bonds is 7. The van der Waals surface area contributed by atoms with E-state index >= 15 is 0 Å². The molecule has 0 aliphatic carbocycles. The summed E-state index contributed by atoms with van der Waals surface area (Å²) in [5.41, 5.74) is 0. The molecule has 0 bridgehead atoms. The van der Waals surface area contributed by atoms with Crippen LogP contribution in [0.15, 0.2) is 0 Å². The van der Waals surface area contributed by atoms with Gasteiger partial charge in [-0.25, -0.2) is 0 Å². The first kappa shape index (κ1) is 18.6. The van der Waals surface area contributed by atoms with Gasteiger partial charge in [-0.3, -0.25) is 0 Å². The van der Waals surface area contributed by atoms with E-state index in [9.17, 15) is 0 Å². The average Bonchev–Trinajstić information content (AvgIpc) is 2.04. The first-order valence-corrected chi connectivity index (χ1v) is 4.03. The van der Waals surface area contributed by atoms with Crippen molar-refractivity contribution in [2.75, 3.05) is 26.9 Å². The minimum Gasteiger partial charge on any atom is -0.379 e. The molecule has 0 aromatic rings. The van der Waals surface area contributed by atoms with E-state index < -0.39 is 0 Å². The zero-order valence-electron chi connectivity index (χ0n) is 7.63. The van der Waals surface area contributed by atoms with Crippen LogP contribution in [0.5, 0.6) is 0 Å². The van der Waals surface area contributed by atoms with Gasteiger partial charge in [-0.15, -0.1) is 0 Å². The lowest BCUT2D eigenvalue weighted by molar-refractivity contribution is -0.121. The Morgan fingerprint density at radius 3 is 2.15 bits per heavy atom. The van der Waals surface area contributed by atoms with Crippen LogP contribution in [0.1, 0.15) is 35.1 Å². The summed E-state index contributed by atoms with van der Waals surface area (Å²) in [6, 6.07) is 0. The summed E-state index contributed by atoms with van der Waals surface area (Å²) in [5, 5.41) is 0. The van der Waals surface area contributed by atoms with Crippen molar-refractivity contribution in [3.8, 4) is 0 Å². The summed E-state index contributed by atoms with van der Waals surface area (Å²) < 4.78 is 15.3. The third-order valence-electron chi connectivity index (χ3n) is 1.26. The molecule has 0 heterocycles. The number of ether oxygens (including phenoxy) is 3. The molecule has 0 saturated heterocycles. The van der Waals surface area contributed by atoms with E-state index in [1.807, 2.05) is 6.92 Å². The third-order valence-corrected chi connectivity index (χ3v) is 1.26. The molecule has 13 heavy (non-hydrogen) atoms. The molecule has 0 fully saturated rings. The van der Waals surface area contributed by atoms with Gasteiger partial charge in [0.2, 0.25) is 0 Å². The fraction of sp³-hybridized carbons (Fsp3) is 1.00. The van der Waals surface area contributed by atoms with Gasteiger partial charge in [-0.05, 0) is 13.3 Å². The second-order valence-corrected chi connectivity index (χ2v) is 2.29. The lowest BCUT2D eigenvalue weighted by atomic mass is 10.5. The van der Waals surface area contributed by atoms with Gasteiger partial charge in [0.05, 0.1) is 13.2 Å². The molecule has 0 rings (SSSR count). The first-order chi connectivity index (χ1) is 5.31. The summed E-state index contributed by atoms with van der Waals surface area (Å²) in [5.74, 6) is 0.